The highest BCUT2D eigenvalue weighted by Crippen LogP contribution is 2.58. The summed E-state index contributed by atoms with van der Waals surface area (Å²) < 4.78 is 0. The summed E-state index contributed by atoms with van der Waals surface area (Å²) in [4.78, 5) is 0. The number of hydrogen-bond acceptors (Lipinski definition) is 0. The van der Waals surface area contributed by atoms with Crippen LogP contribution in [0.4, 0.5) is 0 Å². The predicted octanol–water partition coefficient (Wildman–Crippen LogP) is 29.5. The zero-order chi connectivity index (χ0) is 70.5. The molecule has 0 radical (unpaired) electrons. The molecule has 0 spiro atoms. The van der Waals surface area contributed by atoms with E-state index in [1.54, 1.807) is 0 Å². The Morgan fingerprint density at radius 1 is 0.151 bits per heavy atom. The van der Waals surface area contributed by atoms with Crippen LogP contribution in [-0.2, 0) is 10.8 Å². The van der Waals surface area contributed by atoms with E-state index in [0.717, 1.165) is 0 Å². The lowest BCUT2D eigenvalue weighted by molar-refractivity contribution is 0.661. The maximum Gasteiger partial charge on any atom is 0.0159 e. The van der Waals surface area contributed by atoms with Crippen molar-refractivity contribution in [3.63, 3.8) is 0 Å². The van der Waals surface area contributed by atoms with E-state index in [9.17, 15) is 0 Å². The van der Waals surface area contributed by atoms with Crippen LogP contribution in [0.5, 0.6) is 0 Å². The van der Waals surface area contributed by atoms with Gasteiger partial charge in [0, 0.05) is 10.8 Å². The van der Waals surface area contributed by atoms with Crippen LogP contribution in [0.3, 0.4) is 0 Å². The van der Waals surface area contributed by atoms with Gasteiger partial charge < -0.3 is 0 Å². The van der Waals surface area contributed by atoms with Crippen molar-refractivity contribution in [3.8, 4) is 89.0 Å². The highest BCUT2D eigenvalue weighted by atomic mass is 14.4. The molecular weight excluding hydrogens is 1270 g/mol. The molecule has 0 saturated carbocycles. The maximum atomic E-state index is 2.49. The zero-order valence-electron chi connectivity index (χ0n) is 59.6. The van der Waals surface area contributed by atoms with Gasteiger partial charge in [0.15, 0.2) is 0 Å². The van der Waals surface area contributed by atoms with Crippen LogP contribution in [0.25, 0.3) is 197 Å². The molecule has 106 heavy (non-hydrogen) atoms. The van der Waals surface area contributed by atoms with Crippen LogP contribution in [0, 0.1) is 0 Å². The lowest BCUT2D eigenvalue weighted by atomic mass is 9.80. The molecule has 496 valence electrons. The summed E-state index contributed by atoms with van der Waals surface area (Å²) in [5, 5.41) is 25.8. The Kier molecular flexibility index (Phi) is 13.8. The molecule has 0 heterocycles. The maximum absolute atomic E-state index is 2.49. The molecule has 2 aliphatic rings. The molecule has 20 aromatic carbocycles. The van der Waals surface area contributed by atoms with E-state index < -0.39 is 0 Å². The Morgan fingerprint density at radius 3 is 0.896 bits per heavy atom. The second-order valence-corrected chi connectivity index (χ2v) is 30.6. The van der Waals surface area contributed by atoms with Gasteiger partial charge in [0.05, 0.1) is 0 Å². The molecule has 0 saturated heterocycles. The summed E-state index contributed by atoms with van der Waals surface area (Å²) >= 11 is 0. The summed E-state index contributed by atoms with van der Waals surface area (Å²) in [7, 11) is 0. The fourth-order valence-electron chi connectivity index (χ4n) is 18.6. The molecule has 0 N–H and O–H groups in total. The molecule has 22 rings (SSSR count). The highest BCUT2D eigenvalue weighted by molar-refractivity contribution is 6.24. The van der Waals surface area contributed by atoms with Crippen molar-refractivity contribution in [1.29, 1.82) is 0 Å². The minimum absolute atomic E-state index is 0.102. The van der Waals surface area contributed by atoms with E-state index in [1.807, 2.05) is 0 Å². The Balaban J connectivity index is 0.000000138. The first-order valence-electron chi connectivity index (χ1n) is 37.3. The van der Waals surface area contributed by atoms with Gasteiger partial charge in [-0.15, -0.1) is 0 Å². The SMILES string of the molecule is CC1(C)c2ccc3ccccc3c2-c2c1cc(-c1cccc(-c3ccc4cc(-c5cc6ccc7ccccc7c6c6ccccc56)ccc4c3)c1)c1ccccc21.CC1(C)c2ccc3ccccc3c2-c2c1cc(-c1cccc(-c3ccc4cc(-c5ccc6ccccc6c5)ccc4c3)c1)c1ccccc21. The van der Waals surface area contributed by atoms with Crippen molar-refractivity contribution in [2.45, 2.75) is 38.5 Å². The topological polar surface area (TPSA) is 0 Å². The molecule has 2 aliphatic carbocycles. The van der Waals surface area contributed by atoms with Crippen LogP contribution in [0.15, 0.2) is 364 Å². The minimum atomic E-state index is -0.115. The van der Waals surface area contributed by atoms with Crippen molar-refractivity contribution >= 4 is 108 Å². The fraction of sp³-hybridized carbons (Fsp3) is 0.0566. The summed E-state index contributed by atoms with van der Waals surface area (Å²) in [6.07, 6.45) is 0. The third-order valence-electron chi connectivity index (χ3n) is 24.0. The predicted molar refractivity (Wildman–Crippen MR) is 456 cm³/mol. The second kappa shape index (κ2) is 23.8. The van der Waals surface area contributed by atoms with Gasteiger partial charge in [0.2, 0.25) is 0 Å². The molecule has 0 fully saturated rings. The van der Waals surface area contributed by atoms with E-state index in [0.29, 0.717) is 0 Å². The Bertz CT molecular complexity index is 7130. The molecule has 0 bridgehead atoms. The van der Waals surface area contributed by atoms with E-state index in [1.165, 1.54) is 219 Å². The monoisotopic (exact) mass is 1340 g/mol. The van der Waals surface area contributed by atoms with Gasteiger partial charge in [0.1, 0.15) is 0 Å². The quantitative estimate of drug-likeness (QED) is 0.146. The van der Waals surface area contributed by atoms with Gasteiger partial charge in [-0.2, -0.15) is 0 Å². The van der Waals surface area contributed by atoms with Gasteiger partial charge in [-0.25, -0.2) is 0 Å². The van der Waals surface area contributed by atoms with Crippen molar-refractivity contribution in [1.82, 2.24) is 0 Å². The van der Waals surface area contributed by atoms with Gasteiger partial charge >= 0.3 is 0 Å². The van der Waals surface area contributed by atoms with Gasteiger partial charge in [0.25, 0.3) is 0 Å². The Labute approximate surface area is 617 Å². The smallest absolute Gasteiger partial charge is 0.0159 e. The Hall–Kier alpha value is -13.0. The third kappa shape index (κ3) is 9.68. The van der Waals surface area contributed by atoms with E-state index in [-0.39, 0.29) is 10.8 Å². The fourth-order valence-corrected chi connectivity index (χ4v) is 18.6. The number of hydrogen-bond donors (Lipinski definition) is 0. The van der Waals surface area contributed by atoms with E-state index in [4.69, 9.17) is 0 Å². The first-order chi connectivity index (χ1) is 52.0. The molecule has 0 amide bonds. The van der Waals surface area contributed by atoms with Crippen LogP contribution < -0.4 is 0 Å². The molecule has 20 aromatic rings. The zero-order valence-corrected chi connectivity index (χ0v) is 59.6. The average molecular weight is 1350 g/mol. The van der Waals surface area contributed by atoms with E-state index >= 15 is 0 Å². The van der Waals surface area contributed by atoms with Crippen LogP contribution in [0.2, 0.25) is 0 Å². The molecule has 0 unspecified atom stereocenters. The standard InChI is InChI=1S/C57H38.C49H34/c1-57(2)52-29-28-36-13-4-6-17-45(36)55(52)56-49-21-10-8-19-47(49)51(34-53(56)57)41-15-11-14-37(31-41)38-23-24-40-32-42(26-25-39(40)30-38)50-33-43-27-22-35-12-3-5-16-44(35)54(43)48-20-9-7-18-46(48)50;1-49(2)45-25-24-32-11-5-6-15-41(32)47(45)48-43-17-8-7-16-42(43)44(30-46(48)49)40-14-9-13-34(29-40)35-20-21-39-28-38(23-22-37(39)27-35)36-19-18-31-10-3-4-12-33(31)26-36/h3-34H,1-2H3;3-30H,1-2H3. The molecule has 0 aliphatic heterocycles. The van der Waals surface area contributed by atoms with Crippen molar-refractivity contribution in [2.24, 2.45) is 0 Å². The third-order valence-corrected chi connectivity index (χ3v) is 24.0. The summed E-state index contributed by atoms with van der Waals surface area (Å²) in [6, 6.07) is 136. The van der Waals surface area contributed by atoms with Crippen LogP contribution in [0.1, 0.15) is 49.9 Å². The average Bonchev–Trinajstić information content (AvgIpc) is 1.51. The molecule has 0 heteroatoms. The summed E-state index contributed by atoms with van der Waals surface area (Å²) in [5.74, 6) is 0. The summed E-state index contributed by atoms with van der Waals surface area (Å²) in [5.41, 5.74) is 26.0. The number of rotatable bonds is 6. The minimum Gasteiger partial charge on any atom is -0.0616 e. The highest BCUT2D eigenvalue weighted by Gasteiger charge is 2.40. The Morgan fingerprint density at radius 2 is 0.425 bits per heavy atom. The molecule has 0 atom stereocenters. The van der Waals surface area contributed by atoms with Crippen molar-refractivity contribution in [2.75, 3.05) is 0 Å². The lowest BCUT2D eigenvalue weighted by Gasteiger charge is -2.23. The first kappa shape index (κ1) is 61.6. The van der Waals surface area contributed by atoms with Crippen LogP contribution in [-0.4, -0.2) is 0 Å². The molecular formula is C106H72. The number of benzene rings is 20. The normalized spacial score (nSPS) is 13.2. The largest absolute Gasteiger partial charge is 0.0616 e. The van der Waals surface area contributed by atoms with Gasteiger partial charge in [-0.05, 0) is 280 Å². The van der Waals surface area contributed by atoms with Gasteiger partial charge in [-0.3, -0.25) is 0 Å². The van der Waals surface area contributed by atoms with Crippen molar-refractivity contribution in [3.05, 3.63) is 386 Å². The summed E-state index contributed by atoms with van der Waals surface area (Å²) in [6.45, 7) is 9.57. The molecule has 0 nitrogen and oxygen atoms in total. The van der Waals surface area contributed by atoms with Crippen LogP contribution >= 0.6 is 0 Å². The lowest BCUT2D eigenvalue weighted by Crippen LogP contribution is -2.15. The van der Waals surface area contributed by atoms with Gasteiger partial charge in [-0.1, -0.05) is 331 Å². The second-order valence-electron chi connectivity index (χ2n) is 30.6. The van der Waals surface area contributed by atoms with E-state index in [2.05, 4.69) is 392 Å². The molecule has 0 aromatic heterocycles. The van der Waals surface area contributed by atoms with Crippen molar-refractivity contribution < 1.29 is 0 Å². The first-order valence-corrected chi connectivity index (χ1v) is 37.3. The number of fused-ring (bicyclic) bond motifs is 22.